The summed E-state index contributed by atoms with van der Waals surface area (Å²) in [5.41, 5.74) is 8.09. The Balaban J connectivity index is 1.07. The third-order valence-corrected chi connectivity index (χ3v) is 10.2. The first kappa shape index (κ1) is 34.8. The molecule has 2 aliphatic heterocycles. The molecule has 0 unspecified atom stereocenters. The van der Waals surface area contributed by atoms with Gasteiger partial charge in [-0.15, -0.1) is 0 Å². The van der Waals surface area contributed by atoms with Crippen LogP contribution in [0.15, 0.2) is 133 Å². The molecule has 7 rings (SSSR count). The van der Waals surface area contributed by atoms with Gasteiger partial charge in [-0.3, -0.25) is 14.6 Å². The van der Waals surface area contributed by atoms with Crippen LogP contribution in [0, 0.1) is 5.92 Å². The van der Waals surface area contributed by atoms with Gasteiger partial charge in [0.15, 0.2) is 6.29 Å². The summed E-state index contributed by atoms with van der Waals surface area (Å²) in [6, 6.07) is 44.8. The zero-order valence-electron chi connectivity index (χ0n) is 29.2. The van der Waals surface area contributed by atoms with Crippen molar-refractivity contribution in [2.45, 2.75) is 45.1 Å². The van der Waals surface area contributed by atoms with Crippen molar-refractivity contribution in [2.75, 3.05) is 32.7 Å². The van der Waals surface area contributed by atoms with Crippen LogP contribution in [0.1, 0.15) is 57.5 Å². The number of nitrogens with zero attached hydrogens (tertiary/aromatic N) is 2. The summed E-state index contributed by atoms with van der Waals surface area (Å²) >= 11 is 0. The van der Waals surface area contributed by atoms with Crippen LogP contribution in [-0.2, 0) is 29.2 Å². The van der Waals surface area contributed by atoms with Crippen LogP contribution in [0.4, 0.5) is 0 Å². The Morgan fingerprint density at radius 1 is 0.686 bits per heavy atom. The highest BCUT2D eigenvalue weighted by atomic mass is 16.7. The average Bonchev–Trinajstić information content (AvgIpc) is 3.19. The van der Waals surface area contributed by atoms with Crippen molar-refractivity contribution >= 4 is 5.91 Å². The van der Waals surface area contributed by atoms with Crippen molar-refractivity contribution in [1.82, 2.24) is 15.1 Å². The van der Waals surface area contributed by atoms with Gasteiger partial charge in [0.05, 0.1) is 18.8 Å². The first-order valence-electron chi connectivity index (χ1n) is 18.0. The van der Waals surface area contributed by atoms with E-state index in [1.807, 2.05) is 54.6 Å². The highest BCUT2D eigenvalue weighted by Crippen LogP contribution is 2.42. The number of rotatable bonds is 11. The molecule has 0 aromatic heterocycles. The highest BCUT2D eigenvalue weighted by Gasteiger charge is 2.39. The minimum absolute atomic E-state index is 0.0133. The third kappa shape index (κ3) is 8.82. The molecular formula is C44H47N3O4. The highest BCUT2D eigenvalue weighted by molar-refractivity contribution is 5.94. The van der Waals surface area contributed by atoms with E-state index >= 15 is 0 Å². The Kier molecular flexibility index (Phi) is 11.3. The Labute approximate surface area is 301 Å². The third-order valence-electron chi connectivity index (χ3n) is 10.2. The van der Waals surface area contributed by atoms with Gasteiger partial charge in [-0.25, -0.2) is 0 Å². The van der Waals surface area contributed by atoms with Crippen LogP contribution in [-0.4, -0.2) is 59.6 Å². The van der Waals surface area contributed by atoms with Crippen molar-refractivity contribution in [1.29, 1.82) is 0 Å². The molecule has 5 aromatic rings. The molecule has 2 fully saturated rings. The summed E-state index contributed by atoms with van der Waals surface area (Å²) in [6.07, 6.45) is -0.741. The van der Waals surface area contributed by atoms with E-state index in [0.29, 0.717) is 12.1 Å². The van der Waals surface area contributed by atoms with Crippen molar-refractivity contribution < 1.29 is 19.4 Å². The normalized spacial score (nSPS) is 21.3. The summed E-state index contributed by atoms with van der Waals surface area (Å²) in [4.78, 5) is 17.7. The molecular weight excluding hydrogens is 635 g/mol. The van der Waals surface area contributed by atoms with Crippen molar-refractivity contribution in [3.8, 4) is 11.1 Å². The number of ether oxygens (including phenoxy) is 2. The zero-order valence-corrected chi connectivity index (χ0v) is 29.2. The van der Waals surface area contributed by atoms with Gasteiger partial charge in [0.2, 0.25) is 0 Å². The molecule has 2 aliphatic rings. The second-order valence-electron chi connectivity index (χ2n) is 13.8. The lowest BCUT2D eigenvalue weighted by molar-refractivity contribution is -0.276. The maximum Gasteiger partial charge on any atom is 0.251 e. The standard InChI is InChI=1S/C44H47N3O4/c1-32-41(30-47-24-22-46(23-25-47)29-33-10-4-2-5-11-33)50-44(51-42(32)36-20-18-34(31-48)19-21-36)40-17-9-16-39(27-40)38-15-8-12-35(26-38)28-45-43(49)37-13-6-3-7-14-37/h2-21,26-27,32,41-42,44,48H,22-25,28-31H2,1H3,(H,45,49)/t32-,41+,42+,44+/m0/s1. The number of nitrogens with one attached hydrogen (secondary N) is 1. The summed E-state index contributed by atoms with van der Waals surface area (Å²) in [6.45, 7) is 8.55. The minimum Gasteiger partial charge on any atom is -0.392 e. The number of aliphatic hydroxyl groups excluding tert-OH is 1. The lowest BCUT2D eigenvalue weighted by atomic mass is 9.89. The van der Waals surface area contributed by atoms with E-state index in [0.717, 1.165) is 72.6 Å². The van der Waals surface area contributed by atoms with Gasteiger partial charge in [-0.2, -0.15) is 0 Å². The largest absolute Gasteiger partial charge is 0.392 e. The first-order chi connectivity index (χ1) is 25.0. The van der Waals surface area contributed by atoms with Gasteiger partial charge >= 0.3 is 0 Å². The van der Waals surface area contributed by atoms with Gasteiger partial charge in [-0.1, -0.05) is 116 Å². The monoisotopic (exact) mass is 681 g/mol. The molecule has 0 bridgehead atoms. The Bertz CT molecular complexity index is 1860. The number of hydrogen-bond donors (Lipinski definition) is 2. The van der Waals surface area contributed by atoms with Crippen molar-refractivity contribution in [3.63, 3.8) is 0 Å². The number of aliphatic hydroxyl groups is 1. The first-order valence-corrected chi connectivity index (χ1v) is 18.0. The van der Waals surface area contributed by atoms with Crippen LogP contribution < -0.4 is 5.32 Å². The zero-order chi connectivity index (χ0) is 35.0. The minimum atomic E-state index is -0.540. The van der Waals surface area contributed by atoms with E-state index in [2.05, 4.69) is 101 Å². The maximum absolute atomic E-state index is 12.7. The van der Waals surface area contributed by atoms with Crippen LogP contribution in [0.5, 0.6) is 0 Å². The number of amides is 1. The topological polar surface area (TPSA) is 74.3 Å². The Morgan fingerprint density at radius 2 is 1.33 bits per heavy atom. The molecule has 0 radical (unpaired) electrons. The second-order valence-corrected chi connectivity index (χ2v) is 13.8. The number of carbonyl (C=O) groups excluding carboxylic acids is 1. The van der Waals surface area contributed by atoms with Gasteiger partial charge in [0.25, 0.3) is 5.91 Å². The van der Waals surface area contributed by atoms with E-state index in [-0.39, 0.29) is 30.6 Å². The molecule has 262 valence electrons. The lowest BCUT2D eigenvalue weighted by Crippen LogP contribution is -2.51. The smallest absolute Gasteiger partial charge is 0.251 e. The van der Waals surface area contributed by atoms with E-state index in [1.165, 1.54) is 5.56 Å². The molecule has 2 heterocycles. The van der Waals surface area contributed by atoms with Crippen molar-refractivity contribution in [3.05, 3.63) is 167 Å². The molecule has 2 N–H and O–H groups in total. The fourth-order valence-corrected chi connectivity index (χ4v) is 7.15. The fraction of sp³-hybridized carbons (Fsp3) is 0.295. The molecule has 4 atom stereocenters. The van der Waals surface area contributed by atoms with Crippen LogP contribution in [0.2, 0.25) is 0 Å². The molecule has 2 saturated heterocycles. The summed E-state index contributed by atoms with van der Waals surface area (Å²) in [7, 11) is 0. The summed E-state index contributed by atoms with van der Waals surface area (Å²) in [5, 5.41) is 12.7. The number of piperazine rings is 1. The second kappa shape index (κ2) is 16.6. The molecule has 7 nitrogen and oxygen atoms in total. The van der Waals surface area contributed by atoms with E-state index in [9.17, 15) is 9.90 Å². The van der Waals surface area contributed by atoms with Gasteiger partial charge in [-0.05, 0) is 57.6 Å². The fourth-order valence-electron chi connectivity index (χ4n) is 7.15. The van der Waals surface area contributed by atoms with Crippen LogP contribution in [0.25, 0.3) is 11.1 Å². The number of carbonyl (C=O) groups is 1. The van der Waals surface area contributed by atoms with Crippen molar-refractivity contribution in [2.24, 2.45) is 5.92 Å². The lowest BCUT2D eigenvalue weighted by Gasteiger charge is -2.44. The van der Waals surface area contributed by atoms with E-state index in [1.54, 1.807) is 0 Å². The molecule has 7 heteroatoms. The van der Waals surface area contributed by atoms with Crippen LogP contribution in [0.3, 0.4) is 0 Å². The quantitative estimate of drug-likeness (QED) is 0.152. The number of hydrogen-bond acceptors (Lipinski definition) is 6. The van der Waals surface area contributed by atoms with Gasteiger partial charge in [0, 0.05) is 62.9 Å². The van der Waals surface area contributed by atoms with Gasteiger partial charge < -0.3 is 19.9 Å². The Morgan fingerprint density at radius 3 is 2.06 bits per heavy atom. The average molecular weight is 682 g/mol. The molecule has 0 spiro atoms. The predicted octanol–water partition coefficient (Wildman–Crippen LogP) is 7.39. The summed E-state index contributed by atoms with van der Waals surface area (Å²) in [5.74, 6) is 0.0301. The molecule has 0 saturated carbocycles. The molecule has 5 aromatic carbocycles. The molecule has 0 aliphatic carbocycles. The maximum atomic E-state index is 12.7. The molecule has 51 heavy (non-hydrogen) atoms. The number of benzene rings is 5. The van der Waals surface area contributed by atoms with Gasteiger partial charge in [0.1, 0.15) is 0 Å². The van der Waals surface area contributed by atoms with E-state index in [4.69, 9.17) is 9.47 Å². The molecule has 1 amide bonds. The predicted molar refractivity (Wildman–Crippen MR) is 201 cm³/mol. The summed E-state index contributed by atoms with van der Waals surface area (Å²) < 4.78 is 13.7. The SMILES string of the molecule is C[C@H]1[C@@H](CN2CCN(Cc3ccccc3)CC2)O[C@@H](c2cccc(-c3cccc(CNC(=O)c4ccccc4)c3)c2)O[C@H]1c1ccc(CO)cc1. The van der Waals surface area contributed by atoms with Crippen LogP contribution >= 0.6 is 0 Å². The van der Waals surface area contributed by atoms with E-state index < -0.39 is 6.29 Å². The Hall–Kier alpha value is -4.63.